The van der Waals surface area contributed by atoms with Gasteiger partial charge in [-0.3, -0.25) is 4.99 Å². The SMILES string of the molecule is CN=C(NCc1ccnc(OCC2CC2)c1)NCC1(c2ccccc2)CC1. The van der Waals surface area contributed by atoms with Crippen LogP contribution in [0, 0.1) is 5.92 Å². The molecule has 2 aromatic rings. The molecule has 5 nitrogen and oxygen atoms in total. The minimum Gasteiger partial charge on any atom is -0.477 e. The summed E-state index contributed by atoms with van der Waals surface area (Å²) in [6, 6.07) is 14.8. The lowest BCUT2D eigenvalue weighted by molar-refractivity contribution is 0.288. The van der Waals surface area contributed by atoms with Crippen molar-refractivity contribution < 1.29 is 4.74 Å². The molecule has 142 valence electrons. The molecule has 5 heteroatoms. The van der Waals surface area contributed by atoms with E-state index in [1.807, 2.05) is 25.4 Å². The molecule has 2 aliphatic rings. The molecule has 0 bridgehead atoms. The van der Waals surface area contributed by atoms with Crippen molar-refractivity contribution in [3.8, 4) is 5.88 Å². The van der Waals surface area contributed by atoms with Gasteiger partial charge in [0.05, 0.1) is 6.61 Å². The minimum absolute atomic E-state index is 0.263. The van der Waals surface area contributed by atoms with Gasteiger partial charge in [0.1, 0.15) is 0 Å². The van der Waals surface area contributed by atoms with Crippen molar-refractivity contribution in [2.24, 2.45) is 10.9 Å². The number of ether oxygens (including phenoxy) is 1. The highest BCUT2D eigenvalue weighted by atomic mass is 16.5. The molecule has 0 spiro atoms. The zero-order chi connectivity index (χ0) is 18.5. The Morgan fingerprint density at radius 3 is 2.70 bits per heavy atom. The summed E-state index contributed by atoms with van der Waals surface area (Å²) in [4.78, 5) is 8.67. The van der Waals surface area contributed by atoms with E-state index in [1.54, 1.807) is 0 Å². The number of rotatable bonds is 8. The lowest BCUT2D eigenvalue weighted by Crippen LogP contribution is -2.40. The van der Waals surface area contributed by atoms with Gasteiger partial charge >= 0.3 is 0 Å². The highest BCUT2D eigenvalue weighted by molar-refractivity contribution is 5.79. The third-order valence-corrected chi connectivity index (χ3v) is 5.48. The summed E-state index contributed by atoms with van der Waals surface area (Å²) >= 11 is 0. The molecule has 2 aliphatic carbocycles. The molecule has 0 aliphatic heterocycles. The number of hydrogen-bond acceptors (Lipinski definition) is 3. The highest BCUT2D eigenvalue weighted by Gasteiger charge is 2.43. The van der Waals surface area contributed by atoms with Gasteiger partial charge in [0, 0.05) is 37.8 Å². The topological polar surface area (TPSA) is 58.5 Å². The average molecular weight is 364 g/mol. The monoisotopic (exact) mass is 364 g/mol. The van der Waals surface area contributed by atoms with Crippen LogP contribution in [0.2, 0.25) is 0 Å². The van der Waals surface area contributed by atoms with Crippen LogP contribution in [-0.2, 0) is 12.0 Å². The van der Waals surface area contributed by atoms with Gasteiger partial charge in [-0.25, -0.2) is 4.98 Å². The number of pyridine rings is 1. The summed E-state index contributed by atoms with van der Waals surface area (Å²) in [6.07, 6.45) is 6.84. The fourth-order valence-corrected chi connectivity index (χ4v) is 3.30. The van der Waals surface area contributed by atoms with Crippen LogP contribution in [0.4, 0.5) is 0 Å². The molecule has 1 heterocycles. The van der Waals surface area contributed by atoms with Crippen LogP contribution in [0.1, 0.15) is 36.8 Å². The molecule has 1 aromatic heterocycles. The average Bonchev–Trinajstić information content (AvgIpc) is 3.63. The van der Waals surface area contributed by atoms with Crippen LogP contribution in [0.3, 0.4) is 0 Å². The van der Waals surface area contributed by atoms with Gasteiger partial charge in [-0.1, -0.05) is 30.3 Å². The van der Waals surface area contributed by atoms with Crippen molar-refractivity contribution in [2.45, 2.75) is 37.6 Å². The van der Waals surface area contributed by atoms with Gasteiger partial charge in [0.15, 0.2) is 5.96 Å². The summed E-state index contributed by atoms with van der Waals surface area (Å²) in [7, 11) is 1.81. The van der Waals surface area contributed by atoms with E-state index in [0.717, 1.165) is 30.6 Å². The van der Waals surface area contributed by atoms with Crippen molar-refractivity contribution in [1.29, 1.82) is 0 Å². The molecule has 0 radical (unpaired) electrons. The Bertz CT molecular complexity index is 782. The van der Waals surface area contributed by atoms with Gasteiger partial charge < -0.3 is 15.4 Å². The summed E-state index contributed by atoms with van der Waals surface area (Å²) in [6.45, 7) is 2.39. The first-order chi connectivity index (χ1) is 13.3. The zero-order valence-corrected chi connectivity index (χ0v) is 15.9. The Morgan fingerprint density at radius 2 is 2.00 bits per heavy atom. The van der Waals surface area contributed by atoms with E-state index in [4.69, 9.17) is 4.74 Å². The lowest BCUT2D eigenvalue weighted by atomic mass is 9.96. The first-order valence-corrected chi connectivity index (χ1v) is 9.85. The van der Waals surface area contributed by atoms with E-state index in [2.05, 4.69) is 50.9 Å². The van der Waals surface area contributed by atoms with Gasteiger partial charge in [0.25, 0.3) is 0 Å². The standard InChI is InChI=1S/C22H28N4O/c1-23-21(26-16-22(10-11-22)19-5-3-2-4-6-19)25-14-18-9-12-24-20(13-18)27-15-17-7-8-17/h2-6,9,12-13,17H,7-8,10-11,14-16H2,1H3,(H2,23,25,26). The second kappa shape index (κ2) is 7.99. The third-order valence-electron chi connectivity index (χ3n) is 5.48. The quantitative estimate of drug-likeness (QED) is 0.558. The Balaban J connectivity index is 1.27. The van der Waals surface area contributed by atoms with E-state index in [0.29, 0.717) is 12.4 Å². The van der Waals surface area contributed by atoms with E-state index < -0.39 is 0 Å². The maximum atomic E-state index is 5.77. The van der Waals surface area contributed by atoms with Crippen LogP contribution in [0.25, 0.3) is 0 Å². The normalized spacial score (nSPS) is 18.0. The second-order valence-electron chi connectivity index (χ2n) is 7.68. The molecule has 0 unspecified atom stereocenters. The van der Waals surface area contributed by atoms with E-state index in [9.17, 15) is 0 Å². The summed E-state index contributed by atoms with van der Waals surface area (Å²) in [5.41, 5.74) is 2.82. The number of guanidine groups is 1. The number of aromatic nitrogens is 1. The molecule has 0 saturated heterocycles. The largest absolute Gasteiger partial charge is 0.477 e. The first-order valence-electron chi connectivity index (χ1n) is 9.85. The minimum atomic E-state index is 0.263. The van der Waals surface area contributed by atoms with Crippen LogP contribution in [0.15, 0.2) is 53.7 Å². The molecule has 0 atom stereocenters. The van der Waals surface area contributed by atoms with E-state index >= 15 is 0 Å². The van der Waals surface area contributed by atoms with Gasteiger partial charge in [-0.15, -0.1) is 0 Å². The summed E-state index contributed by atoms with van der Waals surface area (Å²) in [5.74, 6) is 2.27. The second-order valence-corrected chi connectivity index (χ2v) is 7.68. The number of nitrogens with one attached hydrogen (secondary N) is 2. The van der Waals surface area contributed by atoms with Crippen LogP contribution >= 0.6 is 0 Å². The molecular weight excluding hydrogens is 336 g/mol. The molecule has 2 N–H and O–H groups in total. The third kappa shape index (κ3) is 4.79. The summed E-state index contributed by atoms with van der Waals surface area (Å²) in [5, 5.41) is 6.89. The first kappa shape index (κ1) is 17.8. The van der Waals surface area contributed by atoms with Gasteiger partial charge in [-0.2, -0.15) is 0 Å². The number of nitrogens with zero attached hydrogens (tertiary/aromatic N) is 2. The van der Waals surface area contributed by atoms with Crippen molar-refractivity contribution in [3.05, 3.63) is 59.8 Å². The Labute approximate surface area is 161 Å². The Kier molecular flexibility index (Phi) is 5.28. The van der Waals surface area contributed by atoms with E-state index in [1.165, 1.54) is 31.2 Å². The molecule has 4 rings (SSSR count). The lowest BCUT2D eigenvalue weighted by Gasteiger charge is -2.19. The molecule has 27 heavy (non-hydrogen) atoms. The molecule has 2 saturated carbocycles. The number of aliphatic imine (C=N–C) groups is 1. The summed E-state index contributed by atoms with van der Waals surface area (Å²) < 4.78 is 5.77. The van der Waals surface area contributed by atoms with Crippen LogP contribution in [-0.4, -0.2) is 31.1 Å². The molecule has 0 amide bonds. The van der Waals surface area contributed by atoms with Crippen LogP contribution in [0.5, 0.6) is 5.88 Å². The van der Waals surface area contributed by atoms with Gasteiger partial charge in [0.2, 0.25) is 5.88 Å². The predicted octanol–water partition coefficient (Wildman–Crippen LogP) is 3.27. The Morgan fingerprint density at radius 1 is 1.19 bits per heavy atom. The maximum absolute atomic E-state index is 5.77. The molecular formula is C22H28N4O. The van der Waals surface area contributed by atoms with Crippen molar-refractivity contribution in [1.82, 2.24) is 15.6 Å². The highest BCUT2D eigenvalue weighted by Crippen LogP contribution is 2.47. The fraction of sp³-hybridized carbons (Fsp3) is 0.455. The smallest absolute Gasteiger partial charge is 0.213 e. The van der Waals surface area contributed by atoms with Crippen LogP contribution < -0.4 is 15.4 Å². The number of hydrogen-bond donors (Lipinski definition) is 2. The fourth-order valence-electron chi connectivity index (χ4n) is 3.30. The number of benzene rings is 1. The Hall–Kier alpha value is -2.56. The van der Waals surface area contributed by atoms with E-state index in [-0.39, 0.29) is 5.41 Å². The molecule has 2 fully saturated rings. The maximum Gasteiger partial charge on any atom is 0.213 e. The predicted molar refractivity (Wildman–Crippen MR) is 108 cm³/mol. The van der Waals surface area contributed by atoms with Crippen molar-refractivity contribution in [3.63, 3.8) is 0 Å². The van der Waals surface area contributed by atoms with Crippen molar-refractivity contribution >= 4 is 5.96 Å². The zero-order valence-electron chi connectivity index (χ0n) is 15.9. The van der Waals surface area contributed by atoms with Crippen molar-refractivity contribution in [2.75, 3.05) is 20.2 Å². The molecule has 1 aromatic carbocycles. The van der Waals surface area contributed by atoms with Gasteiger partial charge in [-0.05, 0) is 48.8 Å².